The summed E-state index contributed by atoms with van der Waals surface area (Å²) in [6.07, 6.45) is 1.03. The van der Waals surface area contributed by atoms with Crippen molar-refractivity contribution in [1.82, 2.24) is 10.2 Å². The molecular weight excluding hydrogens is 269 g/mol. The van der Waals surface area contributed by atoms with Gasteiger partial charge in [0.15, 0.2) is 0 Å². The van der Waals surface area contributed by atoms with E-state index >= 15 is 0 Å². The van der Waals surface area contributed by atoms with Crippen molar-refractivity contribution in [3.05, 3.63) is 29.6 Å². The number of hydrogen-bond acceptors (Lipinski definition) is 3. The molecular formula is C16H24FN3O. The van der Waals surface area contributed by atoms with Gasteiger partial charge >= 0.3 is 0 Å². The Labute approximate surface area is 125 Å². The first-order valence-corrected chi connectivity index (χ1v) is 7.55. The van der Waals surface area contributed by atoms with Gasteiger partial charge in [-0.3, -0.25) is 4.79 Å². The van der Waals surface area contributed by atoms with Crippen LogP contribution in [0.25, 0.3) is 0 Å². The summed E-state index contributed by atoms with van der Waals surface area (Å²) in [6.45, 7) is 6.56. The predicted molar refractivity (Wildman–Crippen MR) is 83.0 cm³/mol. The number of carbonyl (C=O) groups is 1. The van der Waals surface area contributed by atoms with Gasteiger partial charge in [-0.15, -0.1) is 0 Å². The first kappa shape index (κ1) is 15.8. The second kappa shape index (κ2) is 6.89. The smallest absolute Gasteiger partial charge is 0.241 e. The number of nitrogens with zero attached hydrogens (tertiary/aromatic N) is 2. The van der Waals surface area contributed by atoms with E-state index in [1.54, 1.807) is 18.0 Å². The Balaban J connectivity index is 2.27. The van der Waals surface area contributed by atoms with E-state index in [2.05, 4.69) is 12.2 Å². The highest BCUT2D eigenvalue weighted by Crippen LogP contribution is 2.30. The number of amides is 1. The Hall–Kier alpha value is -1.62. The third-order valence-corrected chi connectivity index (χ3v) is 3.96. The zero-order valence-electron chi connectivity index (χ0n) is 13.0. The van der Waals surface area contributed by atoms with E-state index in [-0.39, 0.29) is 24.3 Å². The predicted octanol–water partition coefficient (Wildman–Crippen LogP) is 2.16. The van der Waals surface area contributed by atoms with Gasteiger partial charge in [0.1, 0.15) is 5.82 Å². The summed E-state index contributed by atoms with van der Waals surface area (Å²) < 4.78 is 14.3. The minimum Gasteiger partial charge on any atom is -0.358 e. The van der Waals surface area contributed by atoms with E-state index in [0.717, 1.165) is 18.5 Å². The van der Waals surface area contributed by atoms with Gasteiger partial charge in [-0.25, -0.2) is 4.39 Å². The number of nitrogens with one attached hydrogen (secondary N) is 1. The van der Waals surface area contributed by atoms with Crippen LogP contribution in [0.2, 0.25) is 0 Å². The van der Waals surface area contributed by atoms with Crippen molar-refractivity contribution in [3.63, 3.8) is 0 Å². The molecule has 1 aliphatic heterocycles. The Kier molecular flexibility index (Phi) is 5.17. The number of halogens is 1. The monoisotopic (exact) mass is 293 g/mol. The van der Waals surface area contributed by atoms with E-state index in [1.165, 1.54) is 6.07 Å². The van der Waals surface area contributed by atoms with Crippen LogP contribution in [0, 0.1) is 5.82 Å². The number of anilines is 1. The molecule has 5 heteroatoms. The minimum absolute atomic E-state index is 0.0321. The molecule has 1 atom stereocenters. The van der Waals surface area contributed by atoms with Crippen molar-refractivity contribution in [2.24, 2.45) is 0 Å². The molecule has 0 radical (unpaired) electrons. The maximum Gasteiger partial charge on any atom is 0.241 e. The van der Waals surface area contributed by atoms with Crippen molar-refractivity contribution in [1.29, 1.82) is 0 Å². The van der Waals surface area contributed by atoms with Crippen molar-refractivity contribution >= 4 is 11.6 Å². The molecule has 116 valence electrons. The molecule has 1 N–H and O–H groups in total. The van der Waals surface area contributed by atoms with Gasteiger partial charge in [0, 0.05) is 26.2 Å². The molecule has 1 fully saturated rings. The first-order valence-electron chi connectivity index (χ1n) is 7.55. The lowest BCUT2D eigenvalue weighted by Crippen LogP contribution is -2.49. The Morgan fingerprint density at radius 2 is 2.14 bits per heavy atom. The van der Waals surface area contributed by atoms with E-state index < -0.39 is 0 Å². The van der Waals surface area contributed by atoms with Gasteiger partial charge in [0.05, 0.1) is 12.2 Å². The second-order valence-corrected chi connectivity index (χ2v) is 5.59. The lowest BCUT2D eigenvalue weighted by atomic mass is 10.0. The number of benzene rings is 1. The molecule has 1 unspecified atom stereocenters. The number of para-hydroxylation sites is 1. The fourth-order valence-electron chi connectivity index (χ4n) is 2.64. The van der Waals surface area contributed by atoms with Crippen LogP contribution >= 0.6 is 0 Å². The summed E-state index contributed by atoms with van der Waals surface area (Å²) in [7, 11) is 1.79. The summed E-state index contributed by atoms with van der Waals surface area (Å²) in [4.78, 5) is 15.4. The van der Waals surface area contributed by atoms with Crippen LogP contribution in [0.1, 0.15) is 31.9 Å². The summed E-state index contributed by atoms with van der Waals surface area (Å²) in [5.41, 5.74) is 1.48. The molecule has 1 aromatic carbocycles. The molecule has 1 aliphatic rings. The number of carbonyl (C=O) groups excluding carboxylic acids is 1. The zero-order valence-corrected chi connectivity index (χ0v) is 13.0. The minimum atomic E-state index is -0.255. The molecule has 0 aromatic heterocycles. The molecule has 4 nitrogen and oxygen atoms in total. The maximum atomic E-state index is 14.3. The Morgan fingerprint density at radius 1 is 1.38 bits per heavy atom. The SMILES string of the molecule is CCCNC(C)c1cccc(F)c1N1CCN(C)C(=O)C1. The first-order chi connectivity index (χ1) is 10.0. The van der Waals surface area contributed by atoms with Crippen LogP contribution < -0.4 is 10.2 Å². The van der Waals surface area contributed by atoms with Crippen LogP contribution in [0.15, 0.2) is 18.2 Å². The van der Waals surface area contributed by atoms with E-state index in [1.807, 2.05) is 17.9 Å². The quantitative estimate of drug-likeness (QED) is 0.903. The van der Waals surface area contributed by atoms with Crippen LogP contribution in [0.4, 0.5) is 10.1 Å². The van der Waals surface area contributed by atoms with Crippen LogP contribution in [-0.2, 0) is 4.79 Å². The molecule has 1 saturated heterocycles. The van der Waals surface area contributed by atoms with Crippen molar-refractivity contribution in [3.8, 4) is 0 Å². The Morgan fingerprint density at radius 3 is 2.81 bits per heavy atom. The van der Waals surface area contributed by atoms with Gasteiger partial charge < -0.3 is 15.1 Å². The molecule has 0 aliphatic carbocycles. The standard InChI is InChI=1S/C16H24FN3O/c1-4-8-18-12(2)13-6-5-7-14(17)16(13)20-10-9-19(3)15(21)11-20/h5-7,12,18H,4,8-11H2,1-3H3. The number of likely N-dealkylation sites (N-methyl/N-ethyl adjacent to an activating group) is 1. The molecule has 2 rings (SSSR count). The average molecular weight is 293 g/mol. The number of hydrogen-bond donors (Lipinski definition) is 1. The highest BCUT2D eigenvalue weighted by molar-refractivity contribution is 5.83. The molecule has 0 saturated carbocycles. The van der Waals surface area contributed by atoms with Crippen LogP contribution in [0.3, 0.4) is 0 Å². The highest BCUT2D eigenvalue weighted by Gasteiger charge is 2.26. The molecule has 1 heterocycles. The molecule has 0 bridgehead atoms. The van der Waals surface area contributed by atoms with E-state index in [4.69, 9.17) is 0 Å². The summed E-state index contributed by atoms with van der Waals surface area (Å²) >= 11 is 0. The maximum absolute atomic E-state index is 14.3. The van der Waals surface area contributed by atoms with Crippen LogP contribution in [-0.4, -0.2) is 44.0 Å². The highest BCUT2D eigenvalue weighted by atomic mass is 19.1. The van der Waals surface area contributed by atoms with E-state index in [0.29, 0.717) is 18.8 Å². The number of rotatable bonds is 5. The zero-order chi connectivity index (χ0) is 15.4. The van der Waals surface area contributed by atoms with Gasteiger partial charge in [0.25, 0.3) is 0 Å². The van der Waals surface area contributed by atoms with Crippen molar-refractivity contribution in [2.75, 3.05) is 38.1 Å². The summed E-state index contributed by atoms with van der Waals surface area (Å²) in [5.74, 6) is -0.223. The lowest BCUT2D eigenvalue weighted by molar-refractivity contribution is -0.129. The lowest BCUT2D eigenvalue weighted by Gasteiger charge is -2.35. The fourth-order valence-corrected chi connectivity index (χ4v) is 2.64. The topological polar surface area (TPSA) is 35.6 Å². The Bertz CT molecular complexity index is 506. The summed E-state index contributed by atoms with van der Waals surface area (Å²) in [5, 5.41) is 3.39. The molecule has 1 aromatic rings. The van der Waals surface area contributed by atoms with Crippen LogP contribution in [0.5, 0.6) is 0 Å². The average Bonchev–Trinajstić information content (AvgIpc) is 2.47. The van der Waals surface area contributed by atoms with Gasteiger partial charge in [-0.1, -0.05) is 19.1 Å². The second-order valence-electron chi connectivity index (χ2n) is 5.59. The third kappa shape index (κ3) is 3.53. The van der Waals surface area contributed by atoms with Gasteiger partial charge in [-0.2, -0.15) is 0 Å². The molecule has 1 amide bonds. The van der Waals surface area contributed by atoms with Crippen molar-refractivity contribution in [2.45, 2.75) is 26.3 Å². The molecule has 21 heavy (non-hydrogen) atoms. The third-order valence-electron chi connectivity index (χ3n) is 3.96. The normalized spacial score (nSPS) is 17.2. The van der Waals surface area contributed by atoms with Crippen molar-refractivity contribution < 1.29 is 9.18 Å². The number of piperazine rings is 1. The summed E-state index contributed by atoms with van der Waals surface area (Å²) in [6, 6.07) is 5.20. The fraction of sp³-hybridized carbons (Fsp3) is 0.562. The molecule has 0 spiro atoms. The van der Waals surface area contributed by atoms with E-state index in [9.17, 15) is 9.18 Å². The van der Waals surface area contributed by atoms with Gasteiger partial charge in [-0.05, 0) is 31.5 Å². The largest absolute Gasteiger partial charge is 0.358 e. The van der Waals surface area contributed by atoms with Gasteiger partial charge in [0.2, 0.25) is 5.91 Å².